The van der Waals surface area contributed by atoms with Crippen LogP contribution in [-0.2, 0) is 0 Å². The Bertz CT molecular complexity index is 713. The molecule has 1 aliphatic carbocycles. The maximum atomic E-state index is 2.50. The predicted octanol–water partition coefficient (Wildman–Crippen LogP) is 3.18. The van der Waals surface area contributed by atoms with Crippen LogP contribution in [0.4, 0.5) is 0 Å². The van der Waals surface area contributed by atoms with Crippen LogP contribution in [0.2, 0.25) is 18.1 Å². The Morgan fingerprint density at radius 2 is 1.58 bits per heavy atom. The van der Waals surface area contributed by atoms with E-state index < -0.39 is 8.80 Å². The van der Waals surface area contributed by atoms with Gasteiger partial charge in [0.2, 0.25) is 0 Å². The molecule has 0 aromatic heterocycles. The Hall–Kier alpha value is -1.60. The van der Waals surface area contributed by atoms with Gasteiger partial charge in [0, 0.05) is 8.80 Å². The van der Waals surface area contributed by atoms with Crippen molar-refractivity contribution in [1.82, 2.24) is 0 Å². The van der Waals surface area contributed by atoms with E-state index in [2.05, 4.69) is 80.7 Å². The Kier molecular flexibility index (Phi) is 2.94. The van der Waals surface area contributed by atoms with Crippen LogP contribution in [0.15, 0.2) is 48.5 Å². The third-order valence-electron chi connectivity index (χ3n) is 4.39. The average Bonchev–Trinajstić information content (AvgIpc) is 2.77. The first-order chi connectivity index (χ1) is 9.10. The molecule has 0 saturated carbocycles. The van der Waals surface area contributed by atoms with E-state index in [4.69, 9.17) is 0 Å². The number of fused-ring (bicyclic) bond motifs is 1. The predicted molar refractivity (Wildman–Crippen MR) is 87.3 cm³/mol. The highest BCUT2D eigenvalue weighted by Crippen LogP contribution is 2.35. The van der Waals surface area contributed by atoms with Crippen LogP contribution in [0.5, 0.6) is 0 Å². The van der Waals surface area contributed by atoms with Crippen LogP contribution >= 0.6 is 0 Å². The molecule has 1 heteroatoms. The summed E-state index contributed by atoms with van der Waals surface area (Å²) in [5.74, 6) is 0. The summed E-state index contributed by atoms with van der Waals surface area (Å²) in [5.41, 5.74) is 2.69. The molecule has 0 heterocycles. The van der Waals surface area contributed by atoms with Crippen LogP contribution in [-0.4, -0.2) is 8.80 Å². The maximum absolute atomic E-state index is 2.50. The summed E-state index contributed by atoms with van der Waals surface area (Å²) >= 11 is 0. The van der Waals surface area contributed by atoms with Gasteiger partial charge in [-0.1, -0.05) is 80.7 Å². The highest BCUT2D eigenvalue weighted by molar-refractivity contribution is 6.63. The Morgan fingerprint density at radius 3 is 2.26 bits per heavy atom. The van der Waals surface area contributed by atoms with Gasteiger partial charge in [0.15, 0.2) is 0 Å². The molecule has 0 spiro atoms. The lowest BCUT2D eigenvalue weighted by Crippen LogP contribution is -2.22. The molecule has 0 bridgehead atoms. The minimum absolute atomic E-state index is 0.313. The summed E-state index contributed by atoms with van der Waals surface area (Å²) in [4.78, 5) is 0. The molecule has 1 aliphatic rings. The molecule has 1 atom stereocenters. The molecular weight excluding hydrogens is 244 g/mol. The molecule has 0 fully saturated rings. The quantitative estimate of drug-likeness (QED) is 0.731. The maximum Gasteiger partial charge on any atom is 0.0464 e. The average molecular weight is 264 g/mol. The fraction of sp³-hybridized carbons (Fsp3) is 0.222. The van der Waals surface area contributed by atoms with E-state index in [1.807, 2.05) is 0 Å². The van der Waals surface area contributed by atoms with Crippen molar-refractivity contribution >= 4 is 20.9 Å². The van der Waals surface area contributed by atoms with Crippen molar-refractivity contribution in [3.05, 3.63) is 59.0 Å². The number of hydrogen-bond donors (Lipinski definition) is 0. The van der Waals surface area contributed by atoms with Gasteiger partial charge in [-0.3, -0.25) is 0 Å². The summed E-state index contributed by atoms with van der Waals surface area (Å²) in [6, 6.07) is 17.4. The van der Waals surface area contributed by atoms with E-state index in [1.54, 1.807) is 0 Å². The van der Waals surface area contributed by atoms with Gasteiger partial charge in [-0.15, -0.1) is 0 Å². The lowest BCUT2D eigenvalue weighted by molar-refractivity contribution is 1.06. The van der Waals surface area contributed by atoms with E-state index in [0.717, 1.165) is 0 Å². The van der Waals surface area contributed by atoms with Crippen LogP contribution < -0.4 is 10.4 Å². The second kappa shape index (κ2) is 4.50. The van der Waals surface area contributed by atoms with Crippen LogP contribution in [0.25, 0.3) is 23.3 Å². The van der Waals surface area contributed by atoms with Gasteiger partial charge >= 0.3 is 0 Å². The van der Waals surface area contributed by atoms with Gasteiger partial charge in [-0.05, 0) is 26.6 Å². The third kappa shape index (κ3) is 2.08. The van der Waals surface area contributed by atoms with Crippen molar-refractivity contribution in [3.8, 4) is 11.1 Å². The number of rotatable bonds is 2. The second-order valence-corrected chi connectivity index (χ2v) is 9.54. The summed E-state index contributed by atoms with van der Waals surface area (Å²) < 4.78 is 0. The van der Waals surface area contributed by atoms with Gasteiger partial charge < -0.3 is 0 Å². The smallest absolute Gasteiger partial charge is 0.0464 e. The molecular formula is C18H20Si. The lowest BCUT2D eigenvalue weighted by Gasteiger charge is -2.23. The first kappa shape index (κ1) is 12.4. The summed E-state index contributed by atoms with van der Waals surface area (Å²) in [6.45, 7) is 7.25. The minimum Gasteiger partial charge on any atom is -0.0712 e. The molecule has 3 rings (SSSR count). The molecule has 96 valence electrons. The molecule has 0 saturated heterocycles. The Balaban J connectivity index is 2.26. The van der Waals surface area contributed by atoms with E-state index in [1.165, 1.54) is 21.6 Å². The van der Waals surface area contributed by atoms with Crippen molar-refractivity contribution in [2.45, 2.75) is 25.1 Å². The van der Waals surface area contributed by atoms with Crippen molar-refractivity contribution in [2.75, 3.05) is 0 Å². The summed E-state index contributed by atoms with van der Waals surface area (Å²) in [7, 11) is -0.750. The molecule has 0 nitrogen and oxygen atoms in total. The van der Waals surface area contributed by atoms with E-state index in [-0.39, 0.29) is 0 Å². The molecule has 0 amide bonds. The Labute approximate surface area is 116 Å². The fourth-order valence-electron chi connectivity index (χ4n) is 2.76. The normalized spacial score (nSPS) is 20.8. The lowest BCUT2D eigenvalue weighted by atomic mass is 10.0. The molecule has 2 aromatic carbocycles. The van der Waals surface area contributed by atoms with Gasteiger partial charge in [0.05, 0.1) is 0 Å². The SMILES string of the molecule is C[SiH](C)C1(C)C=c2cccc(-c3ccccc3)c2=C1. The summed E-state index contributed by atoms with van der Waals surface area (Å²) in [5, 5.41) is 3.15. The zero-order valence-corrected chi connectivity index (χ0v) is 13.0. The fourth-order valence-corrected chi connectivity index (χ4v) is 3.77. The number of hydrogen-bond acceptors (Lipinski definition) is 0. The molecule has 0 radical (unpaired) electrons. The van der Waals surface area contributed by atoms with Crippen LogP contribution in [0.1, 0.15) is 6.92 Å². The van der Waals surface area contributed by atoms with Crippen LogP contribution in [0.3, 0.4) is 0 Å². The van der Waals surface area contributed by atoms with Crippen molar-refractivity contribution in [3.63, 3.8) is 0 Å². The third-order valence-corrected chi connectivity index (χ3v) is 7.21. The first-order valence-electron chi connectivity index (χ1n) is 7.00. The summed E-state index contributed by atoms with van der Waals surface area (Å²) in [6.07, 6.45) is 4.98. The van der Waals surface area contributed by atoms with E-state index >= 15 is 0 Å². The van der Waals surface area contributed by atoms with E-state index in [9.17, 15) is 0 Å². The largest absolute Gasteiger partial charge is 0.0712 e. The topological polar surface area (TPSA) is 0 Å². The zero-order valence-electron chi connectivity index (χ0n) is 11.9. The molecule has 2 aromatic rings. The highest BCUT2D eigenvalue weighted by atomic mass is 28.3. The van der Waals surface area contributed by atoms with Crippen LogP contribution in [0, 0.1) is 0 Å². The monoisotopic (exact) mass is 264 g/mol. The standard InChI is InChI=1S/C18H20Si/c1-18(19(2)3)12-15-10-7-11-16(17(15)13-18)14-8-5-4-6-9-14/h4-13,19H,1-3H3. The number of benzene rings is 2. The van der Waals surface area contributed by atoms with E-state index in [0.29, 0.717) is 5.04 Å². The van der Waals surface area contributed by atoms with Gasteiger partial charge in [-0.25, -0.2) is 0 Å². The minimum atomic E-state index is -0.750. The molecule has 19 heavy (non-hydrogen) atoms. The Morgan fingerprint density at radius 1 is 0.842 bits per heavy atom. The van der Waals surface area contributed by atoms with Crippen molar-refractivity contribution in [2.24, 2.45) is 0 Å². The van der Waals surface area contributed by atoms with Gasteiger partial charge in [0.1, 0.15) is 0 Å². The van der Waals surface area contributed by atoms with Crippen molar-refractivity contribution < 1.29 is 0 Å². The molecule has 1 unspecified atom stereocenters. The zero-order chi connectivity index (χ0) is 13.5. The molecule has 0 N–H and O–H groups in total. The first-order valence-corrected chi connectivity index (χ1v) is 9.89. The van der Waals surface area contributed by atoms with Gasteiger partial charge in [0.25, 0.3) is 0 Å². The molecule has 0 aliphatic heterocycles. The second-order valence-electron chi connectivity index (χ2n) is 5.98. The highest BCUT2D eigenvalue weighted by Gasteiger charge is 2.27. The van der Waals surface area contributed by atoms with Crippen molar-refractivity contribution in [1.29, 1.82) is 0 Å². The van der Waals surface area contributed by atoms with Gasteiger partial charge in [-0.2, -0.15) is 0 Å².